The standard InChI is InChI=1S/C17H28N2O2Si2/c1-17(2,3)23(7,8)15-16(20)21-18-19(15)13-11-9-10-12-14(13)22(4,5)6/h9-12H,1-8H3. The molecule has 0 N–H and O–H groups in total. The first-order valence-electron chi connectivity index (χ1n) is 8.07. The van der Waals surface area contributed by atoms with E-state index in [1.54, 1.807) is 4.68 Å². The molecule has 0 amide bonds. The second-order valence-corrected chi connectivity index (χ2v) is 19.0. The molecule has 0 saturated carbocycles. The topological polar surface area (TPSA) is 53.0 Å². The van der Waals surface area contributed by atoms with E-state index in [0.717, 1.165) is 11.0 Å². The maximum absolute atomic E-state index is 12.5. The van der Waals surface area contributed by atoms with Crippen LogP contribution in [0.1, 0.15) is 20.8 Å². The Morgan fingerprint density at radius 2 is 1.61 bits per heavy atom. The molecule has 126 valence electrons. The molecule has 0 unspecified atom stereocenters. The van der Waals surface area contributed by atoms with E-state index in [-0.39, 0.29) is 11.0 Å². The highest BCUT2D eigenvalue weighted by Crippen LogP contribution is 2.36. The Balaban J connectivity index is 2.75. The van der Waals surface area contributed by atoms with E-state index < -0.39 is 16.1 Å². The summed E-state index contributed by atoms with van der Waals surface area (Å²) in [7, 11) is -3.64. The van der Waals surface area contributed by atoms with E-state index in [0.29, 0.717) is 0 Å². The van der Waals surface area contributed by atoms with Gasteiger partial charge in [-0.1, -0.05) is 71.7 Å². The summed E-state index contributed by atoms with van der Waals surface area (Å²) in [5.74, 6) is -0.290. The van der Waals surface area contributed by atoms with Gasteiger partial charge in [0.05, 0.1) is 13.3 Å². The summed E-state index contributed by atoms with van der Waals surface area (Å²) in [4.78, 5) is 0. The second kappa shape index (κ2) is 5.59. The lowest BCUT2D eigenvalue weighted by atomic mass is 10.2. The molecule has 0 bridgehead atoms. The Kier molecular flexibility index (Phi) is 4.36. The first-order valence-corrected chi connectivity index (χ1v) is 14.6. The van der Waals surface area contributed by atoms with Crippen molar-refractivity contribution >= 4 is 26.7 Å². The van der Waals surface area contributed by atoms with Crippen molar-refractivity contribution in [2.45, 2.75) is 58.5 Å². The van der Waals surface area contributed by atoms with Crippen LogP contribution in [-0.2, 0) is 0 Å². The van der Waals surface area contributed by atoms with Crippen LogP contribution in [-0.4, -0.2) is 21.4 Å². The van der Waals surface area contributed by atoms with Gasteiger partial charge in [0.25, 0.3) is 0 Å². The Labute approximate surface area is 141 Å². The zero-order chi connectivity index (χ0) is 17.6. The van der Waals surface area contributed by atoms with Crippen LogP contribution in [0.4, 0.5) is 0 Å². The summed E-state index contributed by atoms with van der Waals surface area (Å²) in [5, 5.41) is 18.7. The third kappa shape index (κ3) is 3.14. The van der Waals surface area contributed by atoms with E-state index in [1.807, 2.05) is 12.1 Å². The summed E-state index contributed by atoms with van der Waals surface area (Å²) < 4.78 is 6.89. The maximum atomic E-state index is 12.5. The summed E-state index contributed by atoms with van der Waals surface area (Å²) in [6, 6.07) is 8.26. The van der Waals surface area contributed by atoms with Crippen LogP contribution in [0.5, 0.6) is 5.95 Å². The lowest BCUT2D eigenvalue weighted by molar-refractivity contribution is -0.654. The highest BCUT2D eigenvalue weighted by Gasteiger charge is 2.47. The van der Waals surface area contributed by atoms with E-state index in [4.69, 9.17) is 4.52 Å². The number of aromatic nitrogens is 2. The number of rotatable bonds is 3. The molecule has 1 aromatic carbocycles. The first kappa shape index (κ1) is 17.9. The van der Waals surface area contributed by atoms with Crippen LogP contribution in [0.2, 0.25) is 37.8 Å². The van der Waals surface area contributed by atoms with E-state index >= 15 is 0 Å². The predicted molar refractivity (Wildman–Crippen MR) is 97.3 cm³/mol. The molecule has 0 atom stereocenters. The van der Waals surface area contributed by atoms with Gasteiger partial charge in [0.1, 0.15) is 5.95 Å². The molecule has 2 aromatic rings. The molecule has 0 aliphatic heterocycles. The lowest BCUT2D eigenvalue weighted by Gasteiger charge is -2.33. The zero-order valence-electron chi connectivity index (χ0n) is 15.5. The lowest BCUT2D eigenvalue weighted by Crippen LogP contribution is -2.66. The van der Waals surface area contributed by atoms with Gasteiger partial charge in [-0.05, 0) is 9.72 Å². The predicted octanol–water partition coefficient (Wildman–Crippen LogP) is 2.29. The van der Waals surface area contributed by atoms with Crippen molar-refractivity contribution in [3.8, 4) is 11.6 Å². The van der Waals surface area contributed by atoms with Gasteiger partial charge in [-0.25, -0.2) is 0 Å². The van der Waals surface area contributed by atoms with Gasteiger partial charge >= 0.3 is 0 Å². The summed E-state index contributed by atoms with van der Waals surface area (Å²) in [5.41, 5.74) is 0.998. The summed E-state index contributed by atoms with van der Waals surface area (Å²) >= 11 is 0. The molecule has 0 aliphatic rings. The largest absolute Gasteiger partial charge is 0.539 e. The van der Waals surface area contributed by atoms with Crippen molar-refractivity contribution in [1.29, 1.82) is 0 Å². The second-order valence-electron chi connectivity index (χ2n) is 8.76. The number of benzene rings is 1. The molecule has 0 fully saturated rings. The van der Waals surface area contributed by atoms with E-state index in [1.165, 1.54) is 5.19 Å². The average Bonchev–Trinajstić information content (AvgIpc) is 2.79. The molecule has 2 rings (SSSR count). The zero-order valence-corrected chi connectivity index (χ0v) is 17.5. The van der Waals surface area contributed by atoms with Crippen LogP contribution in [0.3, 0.4) is 0 Å². The molecule has 0 radical (unpaired) electrons. The minimum absolute atomic E-state index is 0.0353. The quantitative estimate of drug-likeness (QED) is 0.632. The van der Waals surface area contributed by atoms with Gasteiger partial charge in [0.15, 0.2) is 8.07 Å². The minimum Gasteiger partial charge on any atom is -0.539 e. The highest BCUT2D eigenvalue weighted by molar-refractivity contribution is 6.91. The normalized spacial score (nSPS) is 13.4. The summed E-state index contributed by atoms with van der Waals surface area (Å²) in [6.45, 7) is 17.9. The van der Waals surface area contributed by atoms with Crippen molar-refractivity contribution in [2.24, 2.45) is 0 Å². The monoisotopic (exact) mass is 348 g/mol. The molecular weight excluding hydrogens is 320 g/mol. The van der Waals surface area contributed by atoms with Crippen LogP contribution < -0.4 is 20.3 Å². The molecule has 1 heterocycles. The van der Waals surface area contributed by atoms with Crippen molar-refractivity contribution in [2.75, 3.05) is 0 Å². The minimum atomic E-state index is -2.07. The van der Waals surface area contributed by atoms with Gasteiger partial charge in [-0.2, -0.15) is 0 Å². The van der Waals surface area contributed by atoms with E-state index in [9.17, 15) is 5.11 Å². The fraction of sp³-hybridized carbons (Fsp3) is 0.529. The first-order chi connectivity index (χ1) is 10.4. The third-order valence-corrected chi connectivity index (χ3v) is 12.4. The average molecular weight is 349 g/mol. The molecule has 23 heavy (non-hydrogen) atoms. The van der Waals surface area contributed by atoms with Gasteiger partial charge in [-0.15, -0.1) is 0 Å². The molecule has 6 heteroatoms. The van der Waals surface area contributed by atoms with Gasteiger partial charge in [0, 0.05) is 11.3 Å². The fourth-order valence-corrected chi connectivity index (χ4v) is 6.09. The van der Waals surface area contributed by atoms with Crippen LogP contribution in [0.15, 0.2) is 28.8 Å². The van der Waals surface area contributed by atoms with Crippen molar-refractivity contribution in [3.63, 3.8) is 0 Å². The third-order valence-electron chi connectivity index (χ3n) is 5.02. The Hall–Kier alpha value is -1.41. The highest BCUT2D eigenvalue weighted by atomic mass is 28.3. The molecule has 0 saturated heterocycles. The van der Waals surface area contributed by atoms with Crippen LogP contribution in [0, 0.1) is 0 Å². The van der Waals surface area contributed by atoms with Gasteiger partial charge in [-0.3, -0.25) is 0 Å². The van der Waals surface area contributed by atoms with Crippen LogP contribution >= 0.6 is 0 Å². The van der Waals surface area contributed by atoms with Crippen molar-refractivity contribution in [3.05, 3.63) is 24.3 Å². The number of hydrogen-bond donors (Lipinski definition) is 0. The molecular formula is C17H28N2O2Si2. The summed E-state index contributed by atoms with van der Waals surface area (Å²) in [6.07, 6.45) is 0. The molecule has 0 aliphatic carbocycles. The SMILES string of the molecule is CC(C)(C)[Si](C)(C)c1c([O-])on[n+]1-c1ccccc1[Si](C)(C)C. The number of hydrogen-bond acceptors (Lipinski definition) is 3. The fourth-order valence-electron chi connectivity index (χ4n) is 2.58. The molecule has 0 spiro atoms. The van der Waals surface area contributed by atoms with Gasteiger partial charge < -0.3 is 9.63 Å². The van der Waals surface area contributed by atoms with Crippen molar-refractivity contribution in [1.82, 2.24) is 5.27 Å². The van der Waals surface area contributed by atoms with Crippen molar-refractivity contribution < 1.29 is 14.3 Å². The molecule has 1 aromatic heterocycles. The van der Waals surface area contributed by atoms with Crippen LogP contribution in [0.25, 0.3) is 5.69 Å². The Morgan fingerprint density at radius 3 is 2.13 bits per heavy atom. The Bertz CT molecular complexity index is 710. The molecule has 4 nitrogen and oxygen atoms in total. The number of para-hydroxylation sites is 1. The van der Waals surface area contributed by atoms with Gasteiger partial charge in [0.2, 0.25) is 11.0 Å². The van der Waals surface area contributed by atoms with E-state index in [2.05, 4.69) is 70.9 Å². The Morgan fingerprint density at radius 1 is 1.04 bits per heavy atom. The maximum Gasteiger partial charge on any atom is 0.238 e. The number of nitrogens with zero attached hydrogens (tertiary/aromatic N) is 2. The smallest absolute Gasteiger partial charge is 0.238 e.